The molecule has 7 nitrogen and oxygen atoms in total. The van der Waals surface area contributed by atoms with E-state index < -0.39 is 10.0 Å². The Morgan fingerprint density at radius 1 is 0.931 bits per heavy atom. The van der Waals surface area contributed by atoms with Gasteiger partial charge in [0.05, 0.1) is 12.0 Å². The zero-order valence-corrected chi connectivity index (χ0v) is 17.4. The second kappa shape index (κ2) is 8.61. The molecule has 2 aromatic rings. The number of piperazine rings is 1. The van der Waals surface area contributed by atoms with Gasteiger partial charge in [0, 0.05) is 38.8 Å². The van der Waals surface area contributed by atoms with Gasteiger partial charge in [-0.1, -0.05) is 12.1 Å². The zero-order valence-electron chi connectivity index (χ0n) is 16.5. The fourth-order valence-electron chi connectivity index (χ4n) is 3.61. The van der Waals surface area contributed by atoms with E-state index >= 15 is 0 Å². The fourth-order valence-corrected chi connectivity index (χ4v) is 5.04. The van der Waals surface area contributed by atoms with Crippen molar-refractivity contribution in [3.8, 4) is 17.2 Å². The first-order valence-corrected chi connectivity index (χ1v) is 11.3. The maximum atomic E-state index is 13.0. The minimum Gasteiger partial charge on any atom is -0.497 e. The maximum Gasteiger partial charge on any atom is 0.243 e. The number of hydrogen-bond donors (Lipinski definition) is 0. The molecule has 156 valence electrons. The quantitative estimate of drug-likeness (QED) is 0.715. The van der Waals surface area contributed by atoms with Crippen LogP contribution in [0.4, 0.5) is 0 Å². The fraction of sp³-hybridized carbons (Fsp3) is 0.429. The van der Waals surface area contributed by atoms with Gasteiger partial charge in [0.25, 0.3) is 0 Å². The van der Waals surface area contributed by atoms with Crippen molar-refractivity contribution in [3.63, 3.8) is 0 Å². The van der Waals surface area contributed by atoms with Crippen molar-refractivity contribution in [2.75, 3.05) is 53.0 Å². The van der Waals surface area contributed by atoms with Gasteiger partial charge in [-0.05, 0) is 36.2 Å². The van der Waals surface area contributed by atoms with Crippen LogP contribution in [0, 0.1) is 0 Å². The molecule has 2 aliphatic heterocycles. The molecule has 2 aliphatic rings. The molecule has 0 saturated carbocycles. The van der Waals surface area contributed by atoms with Gasteiger partial charge in [0.2, 0.25) is 10.0 Å². The Hall–Kier alpha value is -2.29. The third kappa shape index (κ3) is 4.49. The first kappa shape index (κ1) is 20.0. The molecular weight excluding hydrogens is 392 g/mol. The van der Waals surface area contributed by atoms with E-state index in [1.54, 1.807) is 29.6 Å². The topological polar surface area (TPSA) is 68.3 Å². The number of hydrogen-bond acceptors (Lipinski definition) is 6. The minimum atomic E-state index is -3.54. The van der Waals surface area contributed by atoms with Crippen molar-refractivity contribution < 1.29 is 22.6 Å². The van der Waals surface area contributed by atoms with Gasteiger partial charge in [0.1, 0.15) is 19.0 Å². The van der Waals surface area contributed by atoms with Crippen molar-refractivity contribution in [3.05, 3.63) is 48.0 Å². The molecule has 0 atom stereocenters. The monoisotopic (exact) mass is 418 g/mol. The van der Waals surface area contributed by atoms with Crippen LogP contribution in [0.25, 0.3) is 0 Å². The lowest BCUT2D eigenvalue weighted by Crippen LogP contribution is -2.49. The van der Waals surface area contributed by atoms with Crippen LogP contribution in [0.5, 0.6) is 17.2 Å². The van der Waals surface area contributed by atoms with Crippen molar-refractivity contribution in [2.45, 2.75) is 11.3 Å². The zero-order chi connectivity index (χ0) is 20.3. The molecule has 0 aliphatic carbocycles. The van der Waals surface area contributed by atoms with Gasteiger partial charge >= 0.3 is 0 Å². The van der Waals surface area contributed by atoms with Crippen LogP contribution in [0.1, 0.15) is 5.56 Å². The second-order valence-electron chi connectivity index (χ2n) is 7.15. The summed E-state index contributed by atoms with van der Waals surface area (Å²) in [5.74, 6) is 1.95. The summed E-state index contributed by atoms with van der Waals surface area (Å²) < 4.78 is 43.8. The van der Waals surface area contributed by atoms with E-state index in [0.29, 0.717) is 37.8 Å². The Labute approximate surface area is 171 Å². The maximum absolute atomic E-state index is 13.0. The number of methoxy groups -OCH3 is 1. The molecule has 1 fully saturated rings. The molecule has 0 bridgehead atoms. The summed E-state index contributed by atoms with van der Waals surface area (Å²) in [6, 6.07) is 12.9. The highest BCUT2D eigenvalue weighted by atomic mass is 32.2. The second-order valence-corrected chi connectivity index (χ2v) is 9.09. The molecule has 8 heteroatoms. The van der Waals surface area contributed by atoms with Crippen molar-refractivity contribution in [1.29, 1.82) is 0 Å². The summed E-state index contributed by atoms with van der Waals surface area (Å²) in [4.78, 5) is 2.56. The third-order valence-electron chi connectivity index (χ3n) is 5.36. The average molecular weight is 419 g/mol. The SMILES string of the molecule is COc1ccc(CCN2CCN(S(=O)(=O)c3ccc4c(c3)OCCO4)CC2)cc1. The standard InChI is InChI=1S/C21H26N2O5S/c1-26-18-4-2-17(3-5-18)8-9-22-10-12-23(13-11-22)29(24,25)19-6-7-20-21(16-19)28-15-14-27-20/h2-7,16H,8-15H2,1H3. The molecule has 0 radical (unpaired) electrons. The van der Waals surface area contributed by atoms with Crippen molar-refractivity contribution in [2.24, 2.45) is 0 Å². The summed E-state index contributed by atoms with van der Waals surface area (Å²) in [7, 11) is -1.88. The molecule has 29 heavy (non-hydrogen) atoms. The van der Waals surface area contributed by atoms with Crippen LogP contribution in [0.2, 0.25) is 0 Å². The molecule has 0 amide bonds. The van der Waals surface area contributed by atoms with Crippen LogP contribution in [0.3, 0.4) is 0 Å². The number of ether oxygens (including phenoxy) is 3. The Bertz CT molecular complexity index is 938. The molecular formula is C21H26N2O5S. The lowest BCUT2D eigenvalue weighted by molar-refractivity contribution is 0.171. The Morgan fingerprint density at radius 3 is 2.31 bits per heavy atom. The van der Waals surface area contributed by atoms with Gasteiger partial charge in [-0.15, -0.1) is 0 Å². The van der Waals surface area contributed by atoms with Crippen LogP contribution in [-0.2, 0) is 16.4 Å². The van der Waals surface area contributed by atoms with Gasteiger partial charge in [-0.3, -0.25) is 0 Å². The molecule has 0 spiro atoms. The molecule has 2 heterocycles. The molecule has 0 N–H and O–H groups in total. The number of benzene rings is 2. The third-order valence-corrected chi connectivity index (χ3v) is 7.25. The van der Waals surface area contributed by atoms with Gasteiger partial charge in [-0.2, -0.15) is 4.31 Å². The lowest BCUT2D eigenvalue weighted by atomic mass is 10.1. The predicted molar refractivity (Wildman–Crippen MR) is 109 cm³/mol. The first-order valence-electron chi connectivity index (χ1n) is 9.81. The molecule has 0 unspecified atom stereocenters. The van der Waals surface area contributed by atoms with Gasteiger partial charge in [-0.25, -0.2) is 8.42 Å². The van der Waals surface area contributed by atoms with Crippen LogP contribution in [0.15, 0.2) is 47.4 Å². The molecule has 1 saturated heterocycles. The lowest BCUT2D eigenvalue weighted by Gasteiger charge is -2.34. The average Bonchev–Trinajstić information content (AvgIpc) is 2.78. The summed E-state index contributed by atoms with van der Waals surface area (Å²) in [6.45, 7) is 4.24. The summed E-state index contributed by atoms with van der Waals surface area (Å²) in [5, 5.41) is 0. The smallest absolute Gasteiger partial charge is 0.243 e. The van der Waals surface area contributed by atoms with E-state index in [9.17, 15) is 8.42 Å². The summed E-state index contributed by atoms with van der Waals surface area (Å²) in [6.07, 6.45) is 0.929. The van der Waals surface area contributed by atoms with E-state index in [1.807, 2.05) is 12.1 Å². The minimum absolute atomic E-state index is 0.258. The Balaban J connectivity index is 1.33. The highest BCUT2D eigenvalue weighted by Gasteiger charge is 2.29. The number of sulfonamides is 1. The summed E-state index contributed by atoms with van der Waals surface area (Å²) >= 11 is 0. The van der Waals surface area contributed by atoms with Crippen LogP contribution in [-0.4, -0.2) is 70.7 Å². The Kier molecular flexibility index (Phi) is 5.94. The van der Waals surface area contributed by atoms with E-state index in [-0.39, 0.29) is 4.90 Å². The van der Waals surface area contributed by atoms with E-state index in [0.717, 1.165) is 31.8 Å². The highest BCUT2D eigenvalue weighted by Crippen LogP contribution is 2.33. The first-order chi connectivity index (χ1) is 14.1. The van der Waals surface area contributed by atoms with Crippen molar-refractivity contribution in [1.82, 2.24) is 9.21 Å². The Morgan fingerprint density at radius 2 is 1.62 bits per heavy atom. The normalized spacial score (nSPS) is 17.8. The van der Waals surface area contributed by atoms with E-state index in [2.05, 4.69) is 17.0 Å². The molecule has 0 aromatic heterocycles. The largest absolute Gasteiger partial charge is 0.497 e. The van der Waals surface area contributed by atoms with Gasteiger partial charge in [0.15, 0.2) is 11.5 Å². The number of rotatable bonds is 6. The van der Waals surface area contributed by atoms with Gasteiger partial charge < -0.3 is 19.1 Å². The summed E-state index contributed by atoms with van der Waals surface area (Å²) in [5.41, 5.74) is 1.25. The number of nitrogens with zero attached hydrogens (tertiary/aromatic N) is 2. The highest BCUT2D eigenvalue weighted by molar-refractivity contribution is 7.89. The van der Waals surface area contributed by atoms with Crippen LogP contribution < -0.4 is 14.2 Å². The molecule has 4 rings (SSSR count). The molecule has 2 aromatic carbocycles. The van der Waals surface area contributed by atoms with E-state index in [4.69, 9.17) is 14.2 Å². The predicted octanol–water partition coefficient (Wildman–Crippen LogP) is 2.02. The van der Waals surface area contributed by atoms with Crippen LogP contribution >= 0.6 is 0 Å². The number of fused-ring (bicyclic) bond motifs is 1. The van der Waals surface area contributed by atoms with Crippen molar-refractivity contribution >= 4 is 10.0 Å². The van der Waals surface area contributed by atoms with E-state index in [1.165, 1.54) is 5.56 Å².